The second kappa shape index (κ2) is 4.37. The Kier molecular flexibility index (Phi) is 3.07. The summed E-state index contributed by atoms with van der Waals surface area (Å²) >= 11 is 0. The maximum atomic E-state index is 6.01. The van der Waals surface area contributed by atoms with E-state index in [0.29, 0.717) is 12.0 Å². The van der Waals surface area contributed by atoms with Gasteiger partial charge in [-0.05, 0) is 45.6 Å². The van der Waals surface area contributed by atoms with E-state index in [2.05, 4.69) is 60.6 Å². The van der Waals surface area contributed by atoms with E-state index in [0.717, 1.165) is 17.6 Å². The lowest BCUT2D eigenvalue weighted by Crippen LogP contribution is -2.23. The molecule has 0 aliphatic heterocycles. The predicted octanol–water partition coefficient (Wildman–Crippen LogP) is 2.05. The minimum atomic E-state index is 0.317. The molecule has 92 valence electrons. The van der Waals surface area contributed by atoms with Gasteiger partial charge in [0.1, 0.15) is 0 Å². The maximum Gasteiger partial charge on any atom is 0.201 e. The second-order valence-electron chi connectivity index (χ2n) is 4.94. The van der Waals surface area contributed by atoms with Crippen LogP contribution in [0.25, 0.3) is 11.0 Å². The van der Waals surface area contributed by atoms with Gasteiger partial charge in [-0.25, -0.2) is 4.98 Å². The summed E-state index contributed by atoms with van der Waals surface area (Å²) in [6, 6.07) is 6.59. The largest absolute Gasteiger partial charge is 0.369 e. The first-order chi connectivity index (χ1) is 7.99. The van der Waals surface area contributed by atoms with Crippen LogP contribution in [0.5, 0.6) is 0 Å². The van der Waals surface area contributed by atoms with Crippen molar-refractivity contribution in [2.45, 2.75) is 19.9 Å². The molecule has 4 nitrogen and oxygen atoms in total. The van der Waals surface area contributed by atoms with Crippen molar-refractivity contribution in [1.29, 1.82) is 0 Å². The molecule has 0 aliphatic carbocycles. The van der Waals surface area contributed by atoms with Crippen molar-refractivity contribution in [3.8, 4) is 0 Å². The van der Waals surface area contributed by atoms with E-state index in [1.165, 1.54) is 5.56 Å². The van der Waals surface area contributed by atoms with Crippen molar-refractivity contribution in [2.24, 2.45) is 0 Å². The van der Waals surface area contributed by atoms with Crippen molar-refractivity contribution in [1.82, 2.24) is 14.5 Å². The van der Waals surface area contributed by atoms with Crippen molar-refractivity contribution in [3.63, 3.8) is 0 Å². The third-order valence-corrected chi connectivity index (χ3v) is 2.94. The van der Waals surface area contributed by atoms with Gasteiger partial charge >= 0.3 is 0 Å². The van der Waals surface area contributed by atoms with Gasteiger partial charge in [0.05, 0.1) is 11.0 Å². The Bertz CT molecular complexity index is 527. The highest BCUT2D eigenvalue weighted by Crippen LogP contribution is 2.23. The van der Waals surface area contributed by atoms with Crippen molar-refractivity contribution >= 4 is 17.0 Å². The molecule has 1 heterocycles. The second-order valence-corrected chi connectivity index (χ2v) is 4.94. The number of fused-ring (bicyclic) bond motifs is 1. The van der Waals surface area contributed by atoms with Gasteiger partial charge in [0.15, 0.2) is 0 Å². The summed E-state index contributed by atoms with van der Waals surface area (Å²) in [7, 11) is 4.13. The number of likely N-dealkylation sites (N-methyl/N-ethyl adjacent to an activating group) is 1. The summed E-state index contributed by atoms with van der Waals surface area (Å²) in [4.78, 5) is 6.58. The number of rotatable bonds is 3. The number of imidazole rings is 1. The summed E-state index contributed by atoms with van der Waals surface area (Å²) < 4.78 is 2.11. The summed E-state index contributed by atoms with van der Waals surface area (Å²) in [5.41, 5.74) is 9.32. The first-order valence-corrected chi connectivity index (χ1v) is 5.88. The number of nitrogens with two attached hydrogens (primary N) is 1. The molecule has 0 aliphatic rings. The van der Waals surface area contributed by atoms with Crippen LogP contribution in [0.1, 0.15) is 18.5 Å². The van der Waals surface area contributed by atoms with Crippen molar-refractivity contribution in [2.75, 3.05) is 26.4 Å². The molecule has 0 bridgehead atoms. The highest BCUT2D eigenvalue weighted by atomic mass is 15.2. The molecule has 1 unspecified atom stereocenters. The number of aryl methyl sites for hydroxylation is 1. The Balaban J connectivity index is 2.49. The zero-order valence-corrected chi connectivity index (χ0v) is 10.9. The van der Waals surface area contributed by atoms with Crippen LogP contribution in [0.2, 0.25) is 0 Å². The number of benzene rings is 1. The molecule has 1 atom stereocenters. The smallest absolute Gasteiger partial charge is 0.201 e. The molecule has 17 heavy (non-hydrogen) atoms. The van der Waals surface area contributed by atoms with E-state index in [-0.39, 0.29) is 0 Å². The molecule has 2 rings (SSSR count). The molecular weight excluding hydrogens is 212 g/mol. The van der Waals surface area contributed by atoms with Crippen LogP contribution in [-0.2, 0) is 0 Å². The molecule has 0 saturated heterocycles. The fourth-order valence-corrected chi connectivity index (χ4v) is 2.30. The quantitative estimate of drug-likeness (QED) is 0.881. The maximum absolute atomic E-state index is 6.01. The number of hydrogen-bond donors (Lipinski definition) is 1. The monoisotopic (exact) mass is 232 g/mol. The van der Waals surface area contributed by atoms with Gasteiger partial charge < -0.3 is 15.2 Å². The average Bonchev–Trinajstić information content (AvgIpc) is 2.51. The Labute approximate surface area is 102 Å². The molecule has 0 spiro atoms. The van der Waals surface area contributed by atoms with Gasteiger partial charge in [-0.15, -0.1) is 0 Å². The molecule has 1 aromatic carbocycles. The number of anilines is 1. The Morgan fingerprint density at radius 2 is 2.12 bits per heavy atom. The zero-order valence-electron chi connectivity index (χ0n) is 10.9. The lowest BCUT2D eigenvalue weighted by Gasteiger charge is -2.20. The van der Waals surface area contributed by atoms with E-state index in [1.54, 1.807) is 0 Å². The Morgan fingerprint density at radius 1 is 1.41 bits per heavy atom. The van der Waals surface area contributed by atoms with Gasteiger partial charge in [0.25, 0.3) is 0 Å². The molecule has 0 radical (unpaired) electrons. The average molecular weight is 232 g/mol. The number of aromatic nitrogens is 2. The van der Waals surface area contributed by atoms with E-state index in [4.69, 9.17) is 5.73 Å². The molecule has 1 aromatic heterocycles. The van der Waals surface area contributed by atoms with Gasteiger partial charge in [0, 0.05) is 12.6 Å². The highest BCUT2D eigenvalue weighted by Gasteiger charge is 2.14. The molecule has 0 amide bonds. The van der Waals surface area contributed by atoms with Crippen LogP contribution in [-0.4, -0.2) is 35.1 Å². The van der Waals surface area contributed by atoms with E-state index in [9.17, 15) is 0 Å². The summed E-state index contributed by atoms with van der Waals surface area (Å²) in [6.45, 7) is 5.18. The van der Waals surface area contributed by atoms with Crippen LogP contribution in [0.15, 0.2) is 18.2 Å². The van der Waals surface area contributed by atoms with E-state index >= 15 is 0 Å². The Hall–Kier alpha value is -1.55. The molecular formula is C13H20N4. The number of hydrogen-bond acceptors (Lipinski definition) is 3. The SMILES string of the molecule is Cc1ccc2c(c1)nc(N)n2C(C)CN(C)C. The molecule has 0 saturated carbocycles. The van der Waals surface area contributed by atoms with Crippen molar-refractivity contribution in [3.05, 3.63) is 23.8 Å². The normalized spacial score (nSPS) is 13.5. The zero-order chi connectivity index (χ0) is 12.6. The van der Waals surface area contributed by atoms with Gasteiger partial charge in [0.2, 0.25) is 5.95 Å². The minimum absolute atomic E-state index is 0.317. The Morgan fingerprint density at radius 3 is 2.76 bits per heavy atom. The van der Waals surface area contributed by atoms with Crippen LogP contribution < -0.4 is 5.73 Å². The molecule has 4 heteroatoms. The van der Waals surface area contributed by atoms with Crippen LogP contribution >= 0.6 is 0 Å². The number of nitrogens with zero attached hydrogens (tertiary/aromatic N) is 3. The van der Waals surface area contributed by atoms with Gasteiger partial charge in [-0.3, -0.25) is 0 Å². The summed E-state index contributed by atoms with van der Waals surface area (Å²) in [5.74, 6) is 0.597. The van der Waals surface area contributed by atoms with E-state index < -0.39 is 0 Å². The lowest BCUT2D eigenvalue weighted by atomic mass is 10.2. The predicted molar refractivity (Wildman–Crippen MR) is 72.1 cm³/mol. The van der Waals surface area contributed by atoms with E-state index in [1.807, 2.05) is 0 Å². The molecule has 2 N–H and O–H groups in total. The highest BCUT2D eigenvalue weighted by molar-refractivity contribution is 5.79. The summed E-state index contributed by atoms with van der Waals surface area (Å²) in [6.07, 6.45) is 0. The molecule has 0 fully saturated rings. The fraction of sp³-hybridized carbons (Fsp3) is 0.462. The standard InChI is InChI=1S/C13H20N4/c1-9-5-6-12-11(7-9)15-13(14)17(12)10(2)8-16(3)4/h5-7,10H,8H2,1-4H3,(H2,14,15). The lowest BCUT2D eigenvalue weighted by molar-refractivity contribution is 0.342. The van der Waals surface area contributed by atoms with Gasteiger partial charge in [-0.1, -0.05) is 6.07 Å². The number of nitrogen functional groups attached to an aromatic ring is 1. The first kappa shape index (κ1) is 11.9. The topological polar surface area (TPSA) is 47.1 Å². The van der Waals surface area contributed by atoms with Crippen LogP contribution in [0.3, 0.4) is 0 Å². The third-order valence-electron chi connectivity index (χ3n) is 2.94. The fourth-order valence-electron chi connectivity index (χ4n) is 2.30. The third kappa shape index (κ3) is 2.26. The molecule has 2 aromatic rings. The summed E-state index contributed by atoms with van der Waals surface area (Å²) in [5, 5.41) is 0. The first-order valence-electron chi connectivity index (χ1n) is 5.88. The van der Waals surface area contributed by atoms with Crippen molar-refractivity contribution < 1.29 is 0 Å². The van der Waals surface area contributed by atoms with Crippen LogP contribution in [0.4, 0.5) is 5.95 Å². The van der Waals surface area contributed by atoms with Gasteiger partial charge in [-0.2, -0.15) is 0 Å². The minimum Gasteiger partial charge on any atom is -0.369 e. The van der Waals surface area contributed by atoms with Crippen LogP contribution in [0, 0.1) is 6.92 Å².